The molecule has 2 heterocycles. The Kier molecular flexibility index (Phi) is 5.42. The standard InChI is InChI=1S/C17H26N4OS.HI/c1-11-19-12(10-23-11)9-21(3)16(18-2)20-14-13-5-8-22-15(13)17(14)6-4-7-17;/h10,13-15H,4-9H2,1-3H3,(H,18,20);1H. The molecule has 2 saturated carbocycles. The Morgan fingerprint density at radius 3 is 2.92 bits per heavy atom. The number of hydrogen-bond acceptors (Lipinski definition) is 4. The number of aryl methyl sites for hydroxylation is 1. The van der Waals surface area contributed by atoms with Gasteiger partial charge in [-0.1, -0.05) is 6.42 Å². The molecule has 4 rings (SSSR count). The van der Waals surface area contributed by atoms with Crippen molar-refractivity contribution in [2.45, 2.75) is 51.3 Å². The Hall–Kier alpha value is -0.410. The fraction of sp³-hybridized carbons (Fsp3) is 0.765. The number of ether oxygens (including phenoxy) is 1. The summed E-state index contributed by atoms with van der Waals surface area (Å²) in [5.74, 6) is 1.65. The van der Waals surface area contributed by atoms with Crippen molar-refractivity contribution in [2.24, 2.45) is 16.3 Å². The number of guanidine groups is 1. The Morgan fingerprint density at radius 1 is 1.54 bits per heavy atom. The zero-order valence-electron chi connectivity index (χ0n) is 14.6. The average molecular weight is 462 g/mol. The van der Waals surface area contributed by atoms with Gasteiger partial charge in [-0.2, -0.15) is 0 Å². The van der Waals surface area contributed by atoms with E-state index >= 15 is 0 Å². The minimum atomic E-state index is 0. The van der Waals surface area contributed by atoms with Crippen molar-refractivity contribution in [1.29, 1.82) is 0 Å². The number of nitrogens with zero attached hydrogens (tertiary/aromatic N) is 3. The van der Waals surface area contributed by atoms with Gasteiger partial charge in [0.2, 0.25) is 0 Å². The van der Waals surface area contributed by atoms with Crippen molar-refractivity contribution >= 4 is 41.3 Å². The highest BCUT2D eigenvalue weighted by molar-refractivity contribution is 14.0. The third kappa shape index (κ3) is 2.86. The van der Waals surface area contributed by atoms with Crippen LogP contribution in [0, 0.1) is 18.3 Å². The zero-order chi connectivity index (χ0) is 16.0. The van der Waals surface area contributed by atoms with Crippen LogP contribution < -0.4 is 5.32 Å². The number of rotatable bonds is 3. The van der Waals surface area contributed by atoms with Crippen molar-refractivity contribution in [3.8, 4) is 0 Å². The SMILES string of the molecule is CN=C(NC1C2CCOC2C12CCC2)N(C)Cc1csc(C)n1.I. The summed E-state index contributed by atoms with van der Waals surface area (Å²) in [6.07, 6.45) is 5.64. The molecule has 1 spiro atoms. The summed E-state index contributed by atoms with van der Waals surface area (Å²) in [5, 5.41) is 7.02. The molecule has 0 aromatic carbocycles. The second kappa shape index (κ2) is 7.07. The maximum Gasteiger partial charge on any atom is 0.193 e. The number of fused-ring (bicyclic) bond motifs is 2. The Balaban J connectivity index is 0.00000169. The topological polar surface area (TPSA) is 49.8 Å². The fourth-order valence-electron chi connectivity index (χ4n) is 4.74. The van der Waals surface area contributed by atoms with Crippen LogP contribution in [0.1, 0.15) is 36.4 Å². The van der Waals surface area contributed by atoms with E-state index in [9.17, 15) is 0 Å². The van der Waals surface area contributed by atoms with E-state index in [0.29, 0.717) is 23.5 Å². The molecule has 5 nitrogen and oxygen atoms in total. The minimum Gasteiger partial charge on any atom is -0.377 e. The first-order valence-electron chi connectivity index (χ1n) is 8.61. The van der Waals surface area contributed by atoms with E-state index < -0.39 is 0 Å². The fourth-order valence-corrected chi connectivity index (χ4v) is 5.34. The van der Waals surface area contributed by atoms with E-state index in [1.165, 1.54) is 25.7 Å². The first-order chi connectivity index (χ1) is 11.1. The quantitative estimate of drug-likeness (QED) is 0.426. The average Bonchev–Trinajstić information content (AvgIpc) is 3.06. The summed E-state index contributed by atoms with van der Waals surface area (Å²) in [7, 11) is 3.97. The molecule has 3 unspecified atom stereocenters. The van der Waals surface area contributed by atoms with Gasteiger partial charge < -0.3 is 15.0 Å². The maximum absolute atomic E-state index is 6.01. The highest BCUT2D eigenvalue weighted by Gasteiger charge is 2.66. The van der Waals surface area contributed by atoms with Crippen LogP contribution in [0.3, 0.4) is 0 Å². The van der Waals surface area contributed by atoms with Crippen LogP contribution >= 0.6 is 35.3 Å². The van der Waals surface area contributed by atoms with E-state index in [1.54, 1.807) is 11.3 Å². The number of thiazole rings is 1. The summed E-state index contributed by atoms with van der Waals surface area (Å²) in [5.41, 5.74) is 1.50. The largest absolute Gasteiger partial charge is 0.377 e. The third-order valence-electron chi connectivity index (χ3n) is 5.96. The predicted octanol–water partition coefficient (Wildman–Crippen LogP) is 3.03. The molecule has 24 heavy (non-hydrogen) atoms. The van der Waals surface area contributed by atoms with Gasteiger partial charge in [0.05, 0.1) is 23.4 Å². The van der Waals surface area contributed by atoms with Crippen LogP contribution in [0.5, 0.6) is 0 Å². The van der Waals surface area contributed by atoms with Gasteiger partial charge in [-0.3, -0.25) is 4.99 Å². The lowest BCUT2D eigenvalue weighted by Crippen LogP contribution is -2.72. The molecule has 134 valence electrons. The molecule has 3 fully saturated rings. The molecule has 7 heteroatoms. The molecule has 1 aromatic rings. The second-order valence-electron chi connectivity index (χ2n) is 7.21. The molecule has 3 aliphatic rings. The van der Waals surface area contributed by atoms with Gasteiger partial charge in [-0.25, -0.2) is 4.98 Å². The molecule has 0 amide bonds. The number of hydrogen-bond donors (Lipinski definition) is 1. The maximum atomic E-state index is 6.01. The molecule has 1 aromatic heterocycles. The van der Waals surface area contributed by atoms with Crippen LogP contribution in [0.15, 0.2) is 10.4 Å². The van der Waals surface area contributed by atoms with Crippen molar-refractivity contribution in [3.63, 3.8) is 0 Å². The third-order valence-corrected chi connectivity index (χ3v) is 6.78. The molecular weight excluding hydrogens is 435 g/mol. The summed E-state index contributed by atoms with van der Waals surface area (Å²) in [6, 6.07) is 0.530. The van der Waals surface area contributed by atoms with E-state index in [-0.39, 0.29) is 24.0 Å². The first kappa shape index (κ1) is 18.4. The molecule has 2 aliphatic carbocycles. The molecule has 0 bridgehead atoms. The van der Waals surface area contributed by atoms with Crippen LogP contribution in [0.4, 0.5) is 0 Å². The summed E-state index contributed by atoms with van der Waals surface area (Å²) < 4.78 is 6.01. The van der Waals surface area contributed by atoms with Gasteiger partial charge in [-0.05, 0) is 26.2 Å². The van der Waals surface area contributed by atoms with Crippen LogP contribution in [0.2, 0.25) is 0 Å². The normalized spacial score (nSPS) is 30.1. The number of nitrogens with one attached hydrogen (secondary N) is 1. The van der Waals surface area contributed by atoms with E-state index in [4.69, 9.17) is 4.74 Å². The van der Waals surface area contributed by atoms with Gasteiger partial charge in [0.25, 0.3) is 0 Å². The van der Waals surface area contributed by atoms with Gasteiger partial charge in [0.15, 0.2) is 5.96 Å². The number of halogens is 1. The van der Waals surface area contributed by atoms with Crippen molar-refractivity contribution < 1.29 is 4.74 Å². The minimum absolute atomic E-state index is 0. The summed E-state index contributed by atoms with van der Waals surface area (Å²) in [4.78, 5) is 11.3. The molecule has 1 N–H and O–H groups in total. The lowest BCUT2D eigenvalue weighted by Gasteiger charge is -2.63. The summed E-state index contributed by atoms with van der Waals surface area (Å²) in [6.45, 7) is 3.78. The molecular formula is C17H27IN4OS. The van der Waals surface area contributed by atoms with Crippen LogP contribution in [0.25, 0.3) is 0 Å². The molecule has 0 radical (unpaired) electrons. The Bertz CT molecular complexity index is 615. The number of aliphatic imine (C=N–C) groups is 1. The van der Waals surface area contributed by atoms with Gasteiger partial charge in [0, 0.05) is 43.5 Å². The second-order valence-corrected chi connectivity index (χ2v) is 8.28. The summed E-state index contributed by atoms with van der Waals surface area (Å²) >= 11 is 1.71. The Labute approximate surface area is 165 Å². The molecule has 1 aliphatic heterocycles. The van der Waals surface area contributed by atoms with Gasteiger partial charge in [-0.15, -0.1) is 35.3 Å². The van der Waals surface area contributed by atoms with Crippen molar-refractivity contribution in [1.82, 2.24) is 15.2 Å². The molecule has 3 atom stereocenters. The lowest BCUT2D eigenvalue weighted by atomic mass is 9.46. The highest BCUT2D eigenvalue weighted by Crippen LogP contribution is 2.62. The van der Waals surface area contributed by atoms with E-state index in [2.05, 4.69) is 39.5 Å². The molecule has 1 saturated heterocycles. The Morgan fingerprint density at radius 2 is 2.33 bits per heavy atom. The van der Waals surface area contributed by atoms with E-state index in [1.807, 2.05) is 7.05 Å². The lowest BCUT2D eigenvalue weighted by molar-refractivity contribution is -0.171. The van der Waals surface area contributed by atoms with Crippen molar-refractivity contribution in [3.05, 3.63) is 16.1 Å². The monoisotopic (exact) mass is 462 g/mol. The van der Waals surface area contributed by atoms with Crippen LogP contribution in [-0.4, -0.2) is 48.7 Å². The number of aromatic nitrogens is 1. The van der Waals surface area contributed by atoms with Crippen molar-refractivity contribution in [2.75, 3.05) is 20.7 Å². The van der Waals surface area contributed by atoms with E-state index in [0.717, 1.165) is 29.8 Å². The van der Waals surface area contributed by atoms with Crippen LogP contribution in [-0.2, 0) is 11.3 Å². The predicted molar refractivity (Wildman–Crippen MR) is 108 cm³/mol. The highest BCUT2D eigenvalue weighted by atomic mass is 127. The smallest absolute Gasteiger partial charge is 0.193 e. The zero-order valence-corrected chi connectivity index (χ0v) is 17.8. The van der Waals surface area contributed by atoms with Gasteiger partial charge >= 0.3 is 0 Å². The first-order valence-corrected chi connectivity index (χ1v) is 9.49. The van der Waals surface area contributed by atoms with Gasteiger partial charge in [0.1, 0.15) is 0 Å².